The predicted octanol–water partition coefficient (Wildman–Crippen LogP) is 3.55. The molecule has 0 spiro atoms. The third-order valence-electron chi connectivity index (χ3n) is 3.41. The lowest BCUT2D eigenvalue weighted by molar-refractivity contribution is -0.120. The van der Waals surface area contributed by atoms with Gasteiger partial charge in [-0.3, -0.25) is 4.79 Å². The van der Waals surface area contributed by atoms with E-state index in [9.17, 15) is 18.4 Å². The minimum absolute atomic E-state index is 0.214. The van der Waals surface area contributed by atoms with Crippen LogP contribution < -0.4 is 5.32 Å². The first-order valence-corrected chi connectivity index (χ1v) is 8.35. The van der Waals surface area contributed by atoms with E-state index >= 15 is 0 Å². The third kappa shape index (κ3) is 5.29. The van der Waals surface area contributed by atoms with Gasteiger partial charge in [0.15, 0.2) is 0 Å². The second-order valence-electron chi connectivity index (χ2n) is 5.24. The Kier molecular flexibility index (Phi) is 6.52. The van der Waals surface area contributed by atoms with Gasteiger partial charge in [0.2, 0.25) is 5.91 Å². The Balaban J connectivity index is 1.89. The predicted molar refractivity (Wildman–Crippen MR) is 91.3 cm³/mol. The van der Waals surface area contributed by atoms with Crippen molar-refractivity contribution >= 4 is 23.6 Å². The van der Waals surface area contributed by atoms with Crippen molar-refractivity contribution in [3.05, 3.63) is 65.2 Å². The molecule has 0 fully saturated rings. The first-order valence-electron chi connectivity index (χ1n) is 7.47. The van der Waals surface area contributed by atoms with E-state index in [4.69, 9.17) is 0 Å². The van der Waals surface area contributed by atoms with E-state index in [-0.39, 0.29) is 17.3 Å². The molecule has 1 N–H and O–H groups in total. The molecule has 2 rings (SSSR count). The number of thioether (sulfide) groups is 1. The SMILES string of the molecule is COC(=O)c1ccc(CNC(=O)C(C)Sc2ccc(F)cc2F)cc1. The van der Waals surface area contributed by atoms with E-state index in [1.807, 2.05) is 0 Å². The zero-order valence-corrected chi connectivity index (χ0v) is 14.5. The maximum Gasteiger partial charge on any atom is 0.337 e. The molecule has 25 heavy (non-hydrogen) atoms. The minimum atomic E-state index is -0.692. The highest BCUT2D eigenvalue weighted by atomic mass is 32.2. The summed E-state index contributed by atoms with van der Waals surface area (Å²) in [6, 6.07) is 9.89. The monoisotopic (exact) mass is 365 g/mol. The van der Waals surface area contributed by atoms with Crippen molar-refractivity contribution in [2.75, 3.05) is 7.11 Å². The van der Waals surface area contributed by atoms with Gasteiger partial charge in [0.1, 0.15) is 11.6 Å². The quantitative estimate of drug-likeness (QED) is 0.628. The van der Waals surface area contributed by atoms with Crippen LogP contribution in [0.15, 0.2) is 47.4 Å². The molecule has 0 aliphatic heterocycles. The van der Waals surface area contributed by atoms with Crippen molar-refractivity contribution in [3.8, 4) is 0 Å². The second kappa shape index (κ2) is 8.62. The molecule has 0 saturated heterocycles. The molecule has 0 aliphatic carbocycles. The number of amides is 1. The van der Waals surface area contributed by atoms with E-state index in [2.05, 4.69) is 10.1 Å². The van der Waals surface area contributed by atoms with Crippen molar-refractivity contribution in [2.45, 2.75) is 23.6 Å². The first-order chi connectivity index (χ1) is 11.9. The number of esters is 1. The summed E-state index contributed by atoms with van der Waals surface area (Å²) >= 11 is 1.02. The smallest absolute Gasteiger partial charge is 0.337 e. The van der Waals surface area contributed by atoms with E-state index < -0.39 is 22.9 Å². The first kappa shape index (κ1) is 18.9. The maximum absolute atomic E-state index is 13.6. The van der Waals surface area contributed by atoms with Gasteiger partial charge < -0.3 is 10.1 Å². The average Bonchev–Trinajstić information content (AvgIpc) is 2.61. The summed E-state index contributed by atoms with van der Waals surface area (Å²) in [6.07, 6.45) is 0. The molecular formula is C18H17F2NO3S. The fourth-order valence-electron chi connectivity index (χ4n) is 2.02. The number of methoxy groups -OCH3 is 1. The van der Waals surface area contributed by atoms with E-state index in [1.54, 1.807) is 31.2 Å². The van der Waals surface area contributed by atoms with Gasteiger partial charge in [0.05, 0.1) is 17.9 Å². The van der Waals surface area contributed by atoms with Crippen LogP contribution in [0.5, 0.6) is 0 Å². The average molecular weight is 365 g/mol. The molecule has 0 saturated carbocycles. The molecule has 0 bridgehead atoms. The molecule has 1 atom stereocenters. The van der Waals surface area contributed by atoms with Gasteiger partial charge in [-0.2, -0.15) is 0 Å². The highest BCUT2D eigenvalue weighted by Gasteiger charge is 2.16. The molecule has 1 amide bonds. The fourth-order valence-corrected chi connectivity index (χ4v) is 2.91. The van der Waals surface area contributed by atoms with Crippen LogP contribution in [0, 0.1) is 11.6 Å². The lowest BCUT2D eigenvalue weighted by Gasteiger charge is -2.12. The molecule has 1 unspecified atom stereocenters. The number of halogens is 2. The Morgan fingerprint density at radius 1 is 1.16 bits per heavy atom. The zero-order valence-electron chi connectivity index (χ0n) is 13.7. The summed E-state index contributed by atoms with van der Waals surface area (Å²) < 4.78 is 31.1. The molecule has 2 aromatic rings. The summed E-state index contributed by atoms with van der Waals surface area (Å²) in [5.74, 6) is -2.05. The summed E-state index contributed by atoms with van der Waals surface area (Å²) in [6.45, 7) is 1.92. The molecule has 2 aromatic carbocycles. The number of hydrogen-bond donors (Lipinski definition) is 1. The number of hydrogen-bond acceptors (Lipinski definition) is 4. The van der Waals surface area contributed by atoms with Gasteiger partial charge in [0, 0.05) is 17.5 Å². The molecule has 0 heterocycles. The largest absolute Gasteiger partial charge is 0.465 e. The number of nitrogens with one attached hydrogen (secondary N) is 1. The highest BCUT2D eigenvalue weighted by molar-refractivity contribution is 8.00. The molecular weight excluding hydrogens is 348 g/mol. The van der Waals surface area contributed by atoms with Crippen molar-refractivity contribution < 1.29 is 23.1 Å². The van der Waals surface area contributed by atoms with Crippen LogP contribution in [0.3, 0.4) is 0 Å². The summed E-state index contributed by atoms with van der Waals surface area (Å²) in [5.41, 5.74) is 1.24. The van der Waals surface area contributed by atoms with Crippen molar-refractivity contribution in [1.29, 1.82) is 0 Å². The summed E-state index contributed by atoms with van der Waals surface area (Å²) in [4.78, 5) is 23.7. The van der Waals surface area contributed by atoms with Crippen molar-refractivity contribution in [1.82, 2.24) is 5.32 Å². The number of carbonyl (C=O) groups is 2. The number of rotatable bonds is 6. The van der Waals surface area contributed by atoms with Gasteiger partial charge in [0.25, 0.3) is 0 Å². The number of ether oxygens (including phenoxy) is 1. The Morgan fingerprint density at radius 3 is 2.44 bits per heavy atom. The van der Waals surface area contributed by atoms with Crippen LogP contribution in [0.4, 0.5) is 8.78 Å². The molecule has 132 valence electrons. The molecule has 0 radical (unpaired) electrons. The normalized spacial score (nSPS) is 11.7. The van der Waals surface area contributed by atoms with E-state index in [0.717, 1.165) is 29.5 Å². The Labute approximate surface area is 148 Å². The fraction of sp³-hybridized carbons (Fsp3) is 0.222. The Morgan fingerprint density at radius 2 is 1.84 bits per heavy atom. The topological polar surface area (TPSA) is 55.4 Å². The van der Waals surface area contributed by atoms with Crippen LogP contribution in [0.25, 0.3) is 0 Å². The summed E-state index contributed by atoms with van der Waals surface area (Å²) in [7, 11) is 1.31. The summed E-state index contributed by atoms with van der Waals surface area (Å²) in [5, 5.41) is 2.19. The van der Waals surface area contributed by atoms with Gasteiger partial charge in [-0.25, -0.2) is 13.6 Å². The standard InChI is InChI=1S/C18H17F2NO3S/c1-11(25-16-8-7-14(19)9-15(16)20)17(22)21-10-12-3-5-13(6-4-12)18(23)24-2/h3-9,11H,10H2,1-2H3,(H,21,22). The molecule has 0 aliphatic rings. The zero-order chi connectivity index (χ0) is 18.4. The van der Waals surface area contributed by atoms with Gasteiger partial charge in [-0.1, -0.05) is 12.1 Å². The van der Waals surface area contributed by atoms with Gasteiger partial charge >= 0.3 is 5.97 Å². The second-order valence-corrected chi connectivity index (χ2v) is 6.62. The van der Waals surface area contributed by atoms with Gasteiger partial charge in [-0.15, -0.1) is 11.8 Å². The minimum Gasteiger partial charge on any atom is -0.465 e. The lowest BCUT2D eigenvalue weighted by Crippen LogP contribution is -2.30. The molecule has 0 aromatic heterocycles. The van der Waals surface area contributed by atoms with Crippen LogP contribution in [0.1, 0.15) is 22.8 Å². The van der Waals surface area contributed by atoms with Crippen molar-refractivity contribution in [3.63, 3.8) is 0 Å². The number of carbonyl (C=O) groups excluding carboxylic acids is 2. The Hall–Kier alpha value is -2.41. The maximum atomic E-state index is 13.6. The van der Waals surface area contributed by atoms with E-state index in [0.29, 0.717) is 5.56 Å². The molecule has 7 heteroatoms. The van der Waals surface area contributed by atoms with Crippen LogP contribution in [-0.4, -0.2) is 24.2 Å². The van der Waals surface area contributed by atoms with Crippen LogP contribution in [-0.2, 0) is 16.1 Å². The third-order valence-corrected chi connectivity index (χ3v) is 4.56. The van der Waals surface area contributed by atoms with E-state index in [1.165, 1.54) is 13.2 Å². The van der Waals surface area contributed by atoms with Crippen molar-refractivity contribution in [2.24, 2.45) is 0 Å². The lowest BCUT2D eigenvalue weighted by atomic mass is 10.1. The van der Waals surface area contributed by atoms with Crippen LogP contribution in [0.2, 0.25) is 0 Å². The van der Waals surface area contributed by atoms with Crippen LogP contribution >= 0.6 is 11.8 Å². The Bertz CT molecular complexity index is 765. The number of benzene rings is 2. The van der Waals surface area contributed by atoms with Gasteiger partial charge in [-0.05, 0) is 36.8 Å². The molecule has 4 nitrogen and oxygen atoms in total. The highest BCUT2D eigenvalue weighted by Crippen LogP contribution is 2.26.